The Balaban J connectivity index is 1.71. The van der Waals surface area contributed by atoms with Gasteiger partial charge in [0, 0.05) is 37.4 Å². The summed E-state index contributed by atoms with van der Waals surface area (Å²) < 4.78 is 47.3. The van der Waals surface area contributed by atoms with Crippen molar-refractivity contribution >= 4 is 17.4 Å². The maximum absolute atomic E-state index is 14.0. The maximum atomic E-state index is 14.0. The number of nitrogens with zero attached hydrogens (tertiary/aromatic N) is 6. The SMILES string of the molecule is C=CC(=O)N1CCN(c2nc(OC)nc3c2CCCN(c2cccc(C)c2C(F)(F)F)C3)CC1CC#N. The number of aromatic nitrogens is 2. The molecule has 4 rings (SSSR count). The minimum Gasteiger partial charge on any atom is -0.467 e. The summed E-state index contributed by atoms with van der Waals surface area (Å²) in [4.78, 5) is 26.8. The molecule has 0 bridgehead atoms. The second kappa shape index (κ2) is 10.7. The topological polar surface area (TPSA) is 85.6 Å². The largest absolute Gasteiger partial charge is 0.467 e. The van der Waals surface area contributed by atoms with Gasteiger partial charge in [-0.3, -0.25) is 4.79 Å². The van der Waals surface area contributed by atoms with Crippen LogP contribution in [0.25, 0.3) is 0 Å². The van der Waals surface area contributed by atoms with Gasteiger partial charge in [-0.05, 0) is 37.5 Å². The number of hydrogen-bond donors (Lipinski definition) is 0. The number of alkyl halides is 3. The van der Waals surface area contributed by atoms with E-state index >= 15 is 0 Å². The molecule has 0 spiro atoms. The van der Waals surface area contributed by atoms with Crippen molar-refractivity contribution in [3.05, 3.63) is 53.2 Å². The van der Waals surface area contributed by atoms with Gasteiger partial charge in [-0.25, -0.2) is 0 Å². The molecule has 8 nitrogen and oxygen atoms in total. The number of nitriles is 1. The lowest BCUT2D eigenvalue weighted by molar-refractivity contribution is -0.137. The molecule has 0 N–H and O–H groups in total. The number of fused-ring (bicyclic) bond motifs is 1. The van der Waals surface area contributed by atoms with E-state index in [2.05, 4.69) is 22.6 Å². The molecule has 1 fully saturated rings. The molecule has 2 aromatic rings. The Kier molecular flexibility index (Phi) is 7.57. The third kappa shape index (κ3) is 5.33. The fraction of sp³-hybridized carbons (Fsp3) is 0.462. The molecule has 0 saturated carbocycles. The van der Waals surface area contributed by atoms with Gasteiger partial charge in [-0.2, -0.15) is 28.4 Å². The molecule has 0 radical (unpaired) electrons. The molecule has 37 heavy (non-hydrogen) atoms. The highest BCUT2D eigenvalue weighted by Crippen LogP contribution is 2.40. The van der Waals surface area contributed by atoms with Crippen LogP contribution in [0.1, 0.15) is 35.2 Å². The van der Waals surface area contributed by atoms with E-state index in [0.29, 0.717) is 50.5 Å². The Morgan fingerprint density at radius 2 is 2.05 bits per heavy atom. The molecule has 11 heteroatoms. The van der Waals surface area contributed by atoms with Crippen LogP contribution in [0.3, 0.4) is 0 Å². The monoisotopic (exact) mass is 514 g/mol. The van der Waals surface area contributed by atoms with Crippen molar-refractivity contribution < 1.29 is 22.7 Å². The zero-order valence-electron chi connectivity index (χ0n) is 20.9. The lowest BCUT2D eigenvalue weighted by atomic mass is 10.0. The van der Waals surface area contributed by atoms with Crippen LogP contribution in [0.2, 0.25) is 0 Å². The molecule has 1 amide bonds. The molecule has 1 aromatic carbocycles. The van der Waals surface area contributed by atoms with Gasteiger partial charge in [0.2, 0.25) is 5.91 Å². The van der Waals surface area contributed by atoms with Crippen LogP contribution in [0, 0.1) is 18.3 Å². The zero-order valence-corrected chi connectivity index (χ0v) is 20.9. The molecule has 1 aromatic heterocycles. The Morgan fingerprint density at radius 3 is 2.73 bits per heavy atom. The van der Waals surface area contributed by atoms with Crippen molar-refractivity contribution in [2.45, 2.75) is 44.9 Å². The van der Waals surface area contributed by atoms with Crippen molar-refractivity contribution in [2.75, 3.05) is 43.1 Å². The quantitative estimate of drug-likeness (QED) is 0.560. The van der Waals surface area contributed by atoms with Crippen LogP contribution in [0.15, 0.2) is 30.9 Å². The molecule has 1 unspecified atom stereocenters. The van der Waals surface area contributed by atoms with Crippen LogP contribution >= 0.6 is 0 Å². The number of carbonyl (C=O) groups excluding carboxylic acids is 1. The third-order valence-electron chi connectivity index (χ3n) is 6.87. The molecular formula is C26H29F3N6O2. The highest BCUT2D eigenvalue weighted by Gasteiger charge is 2.38. The van der Waals surface area contributed by atoms with Gasteiger partial charge in [0.1, 0.15) is 5.82 Å². The van der Waals surface area contributed by atoms with E-state index in [0.717, 1.165) is 5.56 Å². The summed E-state index contributed by atoms with van der Waals surface area (Å²) in [6.07, 6.45) is -1.90. The fourth-order valence-corrected chi connectivity index (χ4v) is 5.17. The number of rotatable bonds is 5. The number of ether oxygens (including phenoxy) is 1. The number of anilines is 2. The van der Waals surface area contributed by atoms with Gasteiger partial charge in [0.15, 0.2) is 0 Å². The molecule has 1 atom stereocenters. The van der Waals surface area contributed by atoms with E-state index in [1.165, 1.54) is 32.2 Å². The Hall–Kier alpha value is -3.81. The molecular weight excluding hydrogens is 485 g/mol. The average Bonchev–Trinajstić information content (AvgIpc) is 3.09. The predicted octanol–water partition coefficient (Wildman–Crippen LogP) is 3.88. The number of hydrogen-bond acceptors (Lipinski definition) is 7. The molecule has 1 saturated heterocycles. The molecule has 2 aliphatic heterocycles. The van der Waals surface area contributed by atoms with Crippen molar-refractivity contribution in [1.29, 1.82) is 5.26 Å². The average molecular weight is 515 g/mol. The van der Waals surface area contributed by atoms with Gasteiger partial charge in [0.25, 0.3) is 0 Å². The van der Waals surface area contributed by atoms with Gasteiger partial charge < -0.3 is 19.4 Å². The minimum atomic E-state index is -4.48. The van der Waals surface area contributed by atoms with Crippen LogP contribution in [-0.2, 0) is 23.9 Å². The van der Waals surface area contributed by atoms with Crippen LogP contribution in [-0.4, -0.2) is 60.1 Å². The number of benzene rings is 1. The smallest absolute Gasteiger partial charge is 0.418 e. The first-order valence-corrected chi connectivity index (χ1v) is 12.1. The van der Waals surface area contributed by atoms with Crippen molar-refractivity contribution in [3.8, 4) is 12.1 Å². The van der Waals surface area contributed by atoms with Crippen LogP contribution in [0.5, 0.6) is 6.01 Å². The standard InChI is InChI=1S/C26H29F3N6O2/c1-4-22(36)35-14-13-34(15-18(35)10-11-30)24-19-8-6-12-33(16-20(19)31-25(32-24)37-3)21-9-5-7-17(2)23(21)26(27,28)29/h4-5,7,9,18H,1,6,8,10,12-16H2,2-3H3. The fourth-order valence-electron chi connectivity index (χ4n) is 5.17. The maximum Gasteiger partial charge on any atom is 0.418 e. The second-order valence-electron chi connectivity index (χ2n) is 9.15. The zero-order chi connectivity index (χ0) is 26.7. The second-order valence-corrected chi connectivity index (χ2v) is 9.15. The summed E-state index contributed by atoms with van der Waals surface area (Å²) in [5.41, 5.74) is 1.12. The number of amides is 1. The molecule has 196 valence electrons. The highest BCUT2D eigenvalue weighted by atomic mass is 19.4. The Labute approximate surface area is 214 Å². The lowest BCUT2D eigenvalue weighted by Crippen LogP contribution is -2.55. The summed E-state index contributed by atoms with van der Waals surface area (Å²) >= 11 is 0. The van der Waals surface area contributed by atoms with E-state index in [4.69, 9.17) is 4.74 Å². The highest BCUT2D eigenvalue weighted by molar-refractivity contribution is 5.87. The number of methoxy groups -OCH3 is 1. The minimum absolute atomic E-state index is 0.123. The number of aryl methyl sites for hydroxylation is 1. The Morgan fingerprint density at radius 1 is 1.27 bits per heavy atom. The summed E-state index contributed by atoms with van der Waals surface area (Å²) in [7, 11) is 1.45. The molecule has 3 heterocycles. The van der Waals surface area contributed by atoms with E-state index in [1.54, 1.807) is 15.9 Å². The predicted molar refractivity (Wildman–Crippen MR) is 132 cm³/mol. The van der Waals surface area contributed by atoms with E-state index in [-0.39, 0.29) is 42.2 Å². The van der Waals surface area contributed by atoms with Crippen LogP contribution < -0.4 is 14.5 Å². The van der Waals surface area contributed by atoms with Gasteiger partial charge >= 0.3 is 12.2 Å². The summed E-state index contributed by atoms with van der Waals surface area (Å²) in [6.45, 7) is 6.88. The first-order chi connectivity index (χ1) is 17.7. The summed E-state index contributed by atoms with van der Waals surface area (Å²) in [5, 5.41) is 9.33. The third-order valence-corrected chi connectivity index (χ3v) is 6.87. The van der Waals surface area contributed by atoms with Crippen LogP contribution in [0.4, 0.5) is 24.7 Å². The van der Waals surface area contributed by atoms with Gasteiger partial charge in [-0.15, -0.1) is 0 Å². The van der Waals surface area contributed by atoms with E-state index in [1.807, 2.05) is 4.90 Å². The number of carbonyl (C=O) groups is 1. The summed E-state index contributed by atoms with van der Waals surface area (Å²) in [5.74, 6) is 0.408. The van der Waals surface area contributed by atoms with E-state index in [9.17, 15) is 23.2 Å². The number of halogens is 3. The van der Waals surface area contributed by atoms with Crippen molar-refractivity contribution in [1.82, 2.24) is 14.9 Å². The summed E-state index contributed by atoms with van der Waals surface area (Å²) in [6, 6.07) is 6.53. The van der Waals surface area contributed by atoms with Crippen molar-refractivity contribution in [2.24, 2.45) is 0 Å². The molecule has 0 aliphatic carbocycles. The normalized spacial score (nSPS) is 18.1. The Bertz CT molecular complexity index is 1230. The first-order valence-electron chi connectivity index (χ1n) is 12.1. The molecule has 2 aliphatic rings. The van der Waals surface area contributed by atoms with Crippen molar-refractivity contribution in [3.63, 3.8) is 0 Å². The first kappa shape index (κ1) is 26.3. The van der Waals surface area contributed by atoms with E-state index < -0.39 is 11.7 Å². The van der Waals surface area contributed by atoms with Gasteiger partial charge in [0.05, 0.1) is 43.4 Å². The van der Waals surface area contributed by atoms with Gasteiger partial charge in [-0.1, -0.05) is 18.7 Å². The number of piperazine rings is 1. The lowest BCUT2D eigenvalue weighted by Gasteiger charge is -2.41.